The van der Waals surface area contributed by atoms with Crippen LogP contribution in [-0.4, -0.2) is 35.8 Å². The Balaban J connectivity index is 1.99. The molecule has 0 spiro atoms. The molecule has 2 aromatic carbocycles. The highest BCUT2D eigenvalue weighted by Crippen LogP contribution is 2.28. The van der Waals surface area contributed by atoms with E-state index < -0.39 is 0 Å². The topological polar surface area (TPSA) is 55.7 Å². The van der Waals surface area contributed by atoms with Crippen molar-refractivity contribution in [3.8, 4) is 11.5 Å². The van der Waals surface area contributed by atoms with Gasteiger partial charge in [0, 0.05) is 24.7 Å². The summed E-state index contributed by atoms with van der Waals surface area (Å²) in [5.41, 5.74) is 1.94. The fraction of sp³-hybridized carbons (Fsp3) is 0.294. The Morgan fingerprint density at radius 3 is 2.38 bits per heavy atom. The van der Waals surface area contributed by atoms with Crippen molar-refractivity contribution in [2.75, 3.05) is 20.6 Å². The van der Waals surface area contributed by atoms with Gasteiger partial charge >= 0.3 is 0 Å². The first-order chi connectivity index (χ1) is 10.1. The van der Waals surface area contributed by atoms with Gasteiger partial charge in [-0.25, -0.2) is 0 Å². The normalized spacial score (nSPS) is 12.5. The number of aromatic hydroxyl groups is 2. The molecule has 4 nitrogen and oxygen atoms in total. The Hall–Kier alpha value is -2.04. The second kappa shape index (κ2) is 7.11. The van der Waals surface area contributed by atoms with E-state index in [1.54, 1.807) is 12.1 Å². The minimum absolute atomic E-state index is 0.0499. The van der Waals surface area contributed by atoms with Crippen LogP contribution >= 0.6 is 0 Å². The highest BCUT2D eigenvalue weighted by Gasteiger charge is 2.13. The van der Waals surface area contributed by atoms with Crippen molar-refractivity contribution in [2.45, 2.75) is 12.6 Å². The van der Waals surface area contributed by atoms with Crippen molar-refractivity contribution in [3.05, 3.63) is 59.7 Å². The molecule has 1 atom stereocenters. The largest absolute Gasteiger partial charge is 0.504 e. The average molecular weight is 286 g/mol. The second-order valence-electron chi connectivity index (χ2n) is 5.31. The molecule has 0 radical (unpaired) electrons. The zero-order chi connectivity index (χ0) is 15.2. The SMILES string of the molecule is CN(C)C(CNCc1cccc(O)c1O)c1ccccc1. The van der Waals surface area contributed by atoms with Crippen molar-refractivity contribution >= 4 is 0 Å². The summed E-state index contributed by atoms with van der Waals surface area (Å²) in [7, 11) is 4.09. The van der Waals surface area contributed by atoms with Crippen LogP contribution in [0.1, 0.15) is 17.2 Å². The molecule has 0 amide bonds. The molecular formula is C17H22N2O2. The molecule has 0 aliphatic rings. The average Bonchev–Trinajstić information content (AvgIpc) is 2.48. The smallest absolute Gasteiger partial charge is 0.161 e. The second-order valence-corrected chi connectivity index (χ2v) is 5.31. The monoisotopic (exact) mass is 286 g/mol. The van der Waals surface area contributed by atoms with E-state index in [0.29, 0.717) is 12.1 Å². The van der Waals surface area contributed by atoms with Crippen LogP contribution < -0.4 is 5.32 Å². The molecule has 0 saturated heterocycles. The Labute approximate surface area is 125 Å². The van der Waals surface area contributed by atoms with Crippen LogP contribution in [0.4, 0.5) is 0 Å². The molecule has 4 heteroatoms. The molecule has 2 aromatic rings. The Kier molecular flexibility index (Phi) is 5.20. The molecule has 1 unspecified atom stereocenters. The van der Waals surface area contributed by atoms with Gasteiger partial charge in [0.05, 0.1) is 0 Å². The summed E-state index contributed by atoms with van der Waals surface area (Å²) in [6, 6.07) is 15.6. The van der Waals surface area contributed by atoms with Gasteiger partial charge in [-0.15, -0.1) is 0 Å². The third kappa shape index (κ3) is 3.97. The van der Waals surface area contributed by atoms with Crippen LogP contribution in [0.2, 0.25) is 0 Å². The minimum Gasteiger partial charge on any atom is -0.504 e. The van der Waals surface area contributed by atoms with Gasteiger partial charge in [0.15, 0.2) is 11.5 Å². The Morgan fingerprint density at radius 1 is 1.00 bits per heavy atom. The first-order valence-electron chi connectivity index (χ1n) is 7.01. The van der Waals surface area contributed by atoms with Crippen molar-refractivity contribution in [2.24, 2.45) is 0 Å². The number of phenolic OH excluding ortho intramolecular Hbond substituents is 2. The molecule has 2 rings (SSSR count). The maximum Gasteiger partial charge on any atom is 0.161 e. The van der Waals surface area contributed by atoms with Crippen molar-refractivity contribution in [3.63, 3.8) is 0 Å². The van der Waals surface area contributed by atoms with Gasteiger partial charge in [-0.3, -0.25) is 0 Å². The standard InChI is InChI=1S/C17H22N2O2/c1-19(2)15(13-7-4-3-5-8-13)12-18-11-14-9-6-10-16(20)17(14)21/h3-10,15,18,20-21H,11-12H2,1-2H3. The fourth-order valence-corrected chi connectivity index (χ4v) is 2.34. The summed E-state index contributed by atoms with van der Waals surface area (Å²) in [4.78, 5) is 2.16. The lowest BCUT2D eigenvalue weighted by atomic mass is 10.1. The number of rotatable bonds is 6. The maximum atomic E-state index is 9.79. The predicted molar refractivity (Wildman–Crippen MR) is 84.3 cm³/mol. The van der Waals surface area contributed by atoms with Gasteiger partial charge in [0.1, 0.15) is 0 Å². The zero-order valence-corrected chi connectivity index (χ0v) is 12.5. The van der Waals surface area contributed by atoms with Crippen molar-refractivity contribution < 1.29 is 10.2 Å². The Bertz CT molecular complexity index is 570. The van der Waals surface area contributed by atoms with E-state index >= 15 is 0 Å². The van der Waals surface area contributed by atoms with Crippen LogP contribution in [0.15, 0.2) is 48.5 Å². The van der Waals surface area contributed by atoms with E-state index in [2.05, 4.69) is 22.3 Å². The van der Waals surface area contributed by atoms with Crippen LogP contribution in [-0.2, 0) is 6.54 Å². The van der Waals surface area contributed by atoms with E-state index in [-0.39, 0.29) is 17.5 Å². The fourth-order valence-electron chi connectivity index (χ4n) is 2.34. The third-order valence-electron chi connectivity index (χ3n) is 3.56. The highest BCUT2D eigenvalue weighted by atomic mass is 16.3. The molecule has 0 aliphatic heterocycles. The molecule has 0 aliphatic carbocycles. The summed E-state index contributed by atoms with van der Waals surface area (Å²) >= 11 is 0. The summed E-state index contributed by atoms with van der Waals surface area (Å²) in [6.07, 6.45) is 0. The molecule has 0 bridgehead atoms. The highest BCUT2D eigenvalue weighted by molar-refractivity contribution is 5.44. The lowest BCUT2D eigenvalue weighted by Crippen LogP contribution is -2.30. The minimum atomic E-state index is -0.0819. The number of hydrogen-bond acceptors (Lipinski definition) is 4. The number of benzene rings is 2. The maximum absolute atomic E-state index is 9.79. The molecule has 3 N–H and O–H groups in total. The molecule has 21 heavy (non-hydrogen) atoms. The lowest BCUT2D eigenvalue weighted by molar-refractivity contribution is 0.287. The molecular weight excluding hydrogens is 264 g/mol. The number of nitrogens with one attached hydrogen (secondary N) is 1. The third-order valence-corrected chi connectivity index (χ3v) is 3.56. The van der Waals surface area contributed by atoms with Crippen LogP contribution in [0.3, 0.4) is 0 Å². The van der Waals surface area contributed by atoms with Gasteiger partial charge in [-0.1, -0.05) is 42.5 Å². The van der Waals surface area contributed by atoms with Crippen molar-refractivity contribution in [1.82, 2.24) is 10.2 Å². The quantitative estimate of drug-likeness (QED) is 0.714. The number of hydrogen-bond donors (Lipinski definition) is 3. The summed E-state index contributed by atoms with van der Waals surface area (Å²) in [5, 5.41) is 22.6. The molecule has 0 fully saturated rings. The zero-order valence-electron chi connectivity index (χ0n) is 12.5. The van der Waals surface area contributed by atoms with E-state index in [1.807, 2.05) is 32.3 Å². The van der Waals surface area contributed by atoms with E-state index in [9.17, 15) is 10.2 Å². The number of nitrogens with zero attached hydrogens (tertiary/aromatic N) is 1. The number of likely N-dealkylation sites (N-methyl/N-ethyl adjacent to an activating group) is 1. The van der Waals surface area contributed by atoms with Crippen LogP contribution in [0.5, 0.6) is 11.5 Å². The van der Waals surface area contributed by atoms with Crippen LogP contribution in [0, 0.1) is 0 Å². The molecule has 0 aromatic heterocycles. The van der Waals surface area contributed by atoms with Gasteiger partial charge in [0.25, 0.3) is 0 Å². The first kappa shape index (κ1) is 15.4. The van der Waals surface area contributed by atoms with E-state index in [4.69, 9.17) is 0 Å². The summed E-state index contributed by atoms with van der Waals surface area (Å²) < 4.78 is 0. The van der Waals surface area contributed by atoms with Gasteiger partial charge in [0.2, 0.25) is 0 Å². The lowest BCUT2D eigenvalue weighted by Gasteiger charge is -2.25. The molecule has 112 valence electrons. The first-order valence-corrected chi connectivity index (χ1v) is 7.01. The summed E-state index contributed by atoms with van der Waals surface area (Å²) in [5.74, 6) is -0.132. The molecule has 0 heterocycles. The Morgan fingerprint density at radius 2 is 1.71 bits per heavy atom. The number of para-hydroxylation sites is 1. The number of phenols is 2. The van der Waals surface area contributed by atoms with E-state index in [0.717, 1.165) is 6.54 Å². The van der Waals surface area contributed by atoms with Crippen molar-refractivity contribution in [1.29, 1.82) is 0 Å². The summed E-state index contributed by atoms with van der Waals surface area (Å²) in [6.45, 7) is 1.27. The van der Waals surface area contributed by atoms with E-state index in [1.165, 1.54) is 11.6 Å². The predicted octanol–water partition coefficient (Wildman–Crippen LogP) is 2.49. The molecule has 0 saturated carbocycles. The van der Waals surface area contributed by atoms with Crippen LogP contribution in [0.25, 0.3) is 0 Å². The van der Waals surface area contributed by atoms with Gasteiger partial charge < -0.3 is 20.4 Å². The van der Waals surface area contributed by atoms with Gasteiger partial charge in [-0.05, 0) is 25.7 Å². The van der Waals surface area contributed by atoms with Gasteiger partial charge in [-0.2, -0.15) is 0 Å².